The van der Waals surface area contributed by atoms with Crippen LogP contribution in [0.2, 0.25) is 0 Å². The Hall–Kier alpha value is -1.87. The van der Waals surface area contributed by atoms with E-state index in [0.717, 1.165) is 38.5 Å². The first-order valence-corrected chi connectivity index (χ1v) is 10.4. The Bertz CT molecular complexity index is 774. The number of nitrogens with one attached hydrogen (secondary N) is 1. The van der Waals surface area contributed by atoms with E-state index in [2.05, 4.69) is 5.32 Å². The first-order chi connectivity index (χ1) is 12.4. The zero-order chi connectivity index (χ0) is 18.7. The van der Waals surface area contributed by atoms with E-state index in [1.54, 1.807) is 7.05 Å². The summed E-state index contributed by atoms with van der Waals surface area (Å²) >= 11 is 0. The number of carbonyl (C=O) groups excluding carboxylic acids is 2. The van der Waals surface area contributed by atoms with Gasteiger partial charge in [0.25, 0.3) is 5.91 Å². The molecule has 0 unspecified atom stereocenters. The second-order valence-electron chi connectivity index (χ2n) is 6.91. The summed E-state index contributed by atoms with van der Waals surface area (Å²) in [5.41, 5.74) is 0.108. The topological polar surface area (TPSA) is 97.7 Å². The Balaban J connectivity index is 1.61. The Kier molecular flexibility index (Phi) is 5.67. The van der Waals surface area contributed by atoms with Gasteiger partial charge in [0.05, 0.1) is 0 Å². The van der Waals surface area contributed by atoms with Gasteiger partial charge >= 0.3 is 5.97 Å². The number of esters is 1. The molecule has 26 heavy (non-hydrogen) atoms. The van der Waals surface area contributed by atoms with E-state index in [1.165, 1.54) is 21.1 Å². The second-order valence-corrected chi connectivity index (χ2v) is 8.85. The fraction of sp³-hybridized carbons (Fsp3) is 0.647. The van der Waals surface area contributed by atoms with E-state index >= 15 is 0 Å². The normalized spacial score (nSPS) is 19.0. The first kappa shape index (κ1) is 18.9. The largest absolute Gasteiger partial charge is 0.451 e. The van der Waals surface area contributed by atoms with Gasteiger partial charge in [-0.15, -0.1) is 0 Å². The molecule has 2 fully saturated rings. The van der Waals surface area contributed by atoms with Crippen molar-refractivity contribution in [3.8, 4) is 0 Å². The molecule has 1 saturated heterocycles. The summed E-state index contributed by atoms with van der Waals surface area (Å²) in [6, 6.07) is 1.47. The van der Waals surface area contributed by atoms with E-state index in [1.807, 2.05) is 0 Å². The van der Waals surface area contributed by atoms with Crippen LogP contribution in [0, 0.1) is 0 Å². The van der Waals surface area contributed by atoms with Crippen molar-refractivity contribution in [2.75, 3.05) is 19.7 Å². The number of aromatic nitrogens is 1. The molecule has 0 spiro atoms. The third-order valence-electron chi connectivity index (χ3n) is 4.95. The van der Waals surface area contributed by atoms with Gasteiger partial charge in [-0.3, -0.25) is 4.79 Å². The minimum absolute atomic E-state index is 0.0734. The maximum absolute atomic E-state index is 12.6. The SMILES string of the molecule is Cn1cc(S(=O)(=O)N2CCCC2)cc1C(=O)OCC(=O)NC1CCCC1. The van der Waals surface area contributed by atoms with Crippen molar-refractivity contribution in [2.24, 2.45) is 7.05 Å². The standard InChI is InChI=1S/C17H25N3O5S/c1-19-11-14(26(23,24)20-8-4-5-9-20)10-15(19)17(22)25-12-16(21)18-13-6-2-3-7-13/h10-11,13H,2-9,12H2,1H3,(H,18,21). The number of hydrogen-bond donors (Lipinski definition) is 1. The highest BCUT2D eigenvalue weighted by molar-refractivity contribution is 7.89. The molecule has 1 saturated carbocycles. The number of amides is 1. The molecule has 1 amide bonds. The molecule has 3 rings (SSSR count). The number of nitrogens with zero attached hydrogens (tertiary/aromatic N) is 2. The Morgan fingerprint density at radius 1 is 1.19 bits per heavy atom. The highest BCUT2D eigenvalue weighted by Crippen LogP contribution is 2.23. The average Bonchev–Trinajstić information content (AvgIpc) is 3.34. The fourth-order valence-electron chi connectivity index (χ4n) is 3.50. The monoisotopic (exact) mass is 383 g/mol. The Morgan fingerprint density at radius 3 is 2.50 bits per heavy atom. The maximum atomic E-state index is 12.6. The molecule has 1 aromatic heterocycles. The minimum atomic E-state index is -3.60. The lowest BCUT2D eigenvalue weighted by Gasteiger charge is -2.13. The van der Waals surface area contributed by atoms with Gasteiger partial charge < -0.3 is 14.6 Å². The van der Waals surface area contributed by atoms with Gasteiger partial charge in [-0.1, -0.05) is 12.8 Å². The highest BCUT2D eigenvalue weighted by atomic mass is 32.2. The molecule has 1 aliphatic carbocycles. The fourth-order valence-corrected chi connectivity index (χ4v) is 5.09. The van der Waals surface area contributed by atoms with Gasteiger partial charge in [0.1, 0.15) is 10.6 Å². The Morgan fingerprint density at radius 2 is 1.85 bits per heavy atom. The van der Waals surface area contributed by atoms with Gasteiger partial charge in [-0.05, 0) is 31.7 Å². The van der Waals surface area contributed by atoms with Gasteiger partial charge in [-0.2, -0.15) is 4.31 Å². The summed E-state index contributed by atoms with van der Waals surface area (Å²) in [5.74, 6) is -1.04. The van der Waals surface area contributed by atoms with E-state index in [-0.39, 0.29) is 29.1 Å². The average molecular weight is 383 g/mol. The van der Waals surface area contributed by atoms with Gasteiger partial charge in [0.2, 0.25) is 10.0 Å². The van der Waals surface area contributed by atoms with Crippen LogP contribution in [-0.2, 0) is 26.6 Å². The first-order valence-electron chi connectivity index (χ1n) is 9.01. The zero-order valence-electron chi connectivity index (χ0n) is 14.9. The molecular weight excluding hydrogens is 358 g/mol. The lowest BCUT2D eigenvalue weighted by Crippen LogP contribution is -2.36. The van der Waals surface area contributed by atoms with Crippen LogP contribution in [0.3, 0.4) is 0 Å². The third-order valence-corrected chi connectivity index (χ3v) is 6.81. The molecule has 0 radical (unpaired) electrons. The number of hydrogen-bond acceptors (Lipinski definition) is 5. The maximum Gasteiger partial charge on any atom is 0.355 e. The summed E-state index contributed by atoms with van der Waals surface area (Å²) in [4.78, 5) is 24.2. The smallest absolute Gasteiger partial charge is 0.355 e. The zero-order valence-corrected chi connectivity index (χ0v) is 15.8. The molecule has 0 bridgehead atoms. The summed E-state index contributed by atoms with van der Waals surface area (Å²) in [6.45, 7) is 0.630. The molecule has 2 aliphatic rings. The summed E-state index contributed by atoms with van der Waals surface area (Å²) in [6.07, 6.45) is 7.20. The number of carbonyl (C=O) groups is 2. The highest BCUT2D eigenvalue weighted by Gasteiger charge is 2.30. The van der Waals surface area contributed by atoms with Crippen molar-refractivity contribution in [1.82, 2.24) is 14.2 Å². The second kappa shape index (κ2) is 7.79. The molecule has 9 heteroatoms. The lowest BCUT2D eigenvalue weighted by atomic mass is 10.2. The summed E-state index contributed by atoms with van der Waals surface area (Å²) < 4.78 is 33.0. The van der Waals surface area contributed by atoms with Crippen LogP contribution < -0.4 is 5.32 Å². The van der Waals surface area contributed by atoms with E-state index in [4.69, 9.17) is 4.74 Å². The van der Waals surface area contributed by atoms with Crippen molar-refractivity contribution in [1.29, 1.82) is 0 Å². The number of ether oxygens (including phenoxy) is 1. The molecule has 1 aromatic rings. The molecule has 0 atom stereocenters. The van der Waals surface area contributed by atoms with Crippen LogP contribution in [0.5, 0.6) is 0 Å². The summed E-state index contributed by atoms with van der Waals surface area (Å²) in [5, 5.41) is 2.84. The molecule has 1 N–H and O–H groups in total. The number of aryl methyl sites for hydroxylation is 1. The van der Waals surface area contributed by atoms with Crippen molar-refractivity contribution >= 4 is 21.9 Å². The van der Waals surface area contributed by atoms with Crippen molar-refractivity contribution < 1.29 is 22.7 Å². The molecule has 1 aliphatic heterocycles. The van der Waals surface area contributed by atoms with Gasteiger partial charge in [0, 0.05) is 32.4 Å². The van der Waals surface area contributed by atoms with Crippen LogP contribution >= 0.6 is 0 Å². The van der Waals surface area contributed by atoms with Gasteiger partial charge in [0.15, 0.2) is 6.61 Å². The predicted octanol–water partition coefficient (Wildman–Crippen LogP) is 1.03. The van der Waals surface area contributed by atoms with Gasteiger partial charge in [-0.25, -0.2) is 13.2 Å². The van der Waals surface area contributed by atoms with E-state index in [0.29, 0.717) is 13.1 Å². The van der Waals surface area contributed by atoms with Crippen LogP contribution in [0.1, 0.15) is 49.0 Å². The predicted molar refractivity (Wildman–Crippen MR) is 94.1 cm³/mol. The Labute approximate surface area is 153 Å². The summed E-state index contributed by atoms with van der Waals surface area (Å²) in [7, 11) is -2.01. The molecule has 0 aromatic carbocycles. The van der Waals surface area contributed by atoms with Crippen LogP contribution in [-0.4, -0.2) is 54.9 Å². The quantitative estimate of drug-likeness (QED) is 0.740. The van der Waals surface area contributed by atoms with Crippen LogP contribution in [0.15, 0.2) is 17.2 Å². The van der Waals surface area contributed by atoms with E-state index in [9.17, 15) is 18.0 Å². The number of rotatable bonds is 6. The van der Waals surface area contributed by atoms with Crippen molar-refractivity contribution in [3.05, 3.63) is 18.0 Å². The molecule has 8 nitrogen and oxygen atoms in total. The van der Waals surface area contributed by atoms with Crippen LogP contribution in [0.25, 0.3) is 0 Å². The third kappa shape index (κ3) is 4.09. The molecular formula is C17H25N3O5S. The molecule has 144 valence electrons. The number of sulfonamides is 1. The minimum Gasteiger partial charge on any atom is -0.451 e. The van der Waals surface area contributed by atoms with E-state index < -0.39 is 16.0 Å². The lowest BCUT2D eigenvalue weighted by molar-refractivity contribution is -0.124. The van der Waals surface area contributed by atoms with Crippen molar-refractivity contribution in [3.63, 3.8) is 0 Å². The van der Waals surface area contributed by atoms with Crippen LogP contribution in [0.4, 0.5) is 0 Å². The molecule has 2 heterocycles. The van der Waals surface area contributed by atoms with Crippen molar-refractivity contribution in [2.45, 2.75) is 49.5 Å².